The van der Waals surface area contributed by atoms with Gasteiger partial charge in [-0.3, -0.25) is 4.79 Å². The number of methoxy groups -OCH3 is 1. The topological polar surface area (TPSA) is 59.6 Å². The molecular formula is C16H24N2O3. The van der Waals surface area contributed by atoms with Crippen LogP contribution < -0.4 is 20.1 Å². The Morgan fingerprint density at radius 1 is 1.33 bits per heavy atom. The quantitative estimate of drug-likeness (QED) is 0.875. The summed E-state index contributed by atoms with van der Waals surface area (Å²) in [6, 6.07) is 5.33. The summed E-state index contributed by atoms with van der Waals surface area (Å²) in [4.78, 5) is 12.3. The zero-order valence-electron chi connectivity index (χ0n) is 12.8. The molecule has 5 nitrogen and oxygen atoms in total. The minimum Gasteiger partial charge on any atom is -0.493 e. The van der Waals surface area contributed by atoms with Gasteiger partial charge < -0.3 is 20.1 Å². The lowest BCUT2D eigenvalue weighted by atomic mass is 10.1. The van der Waals surface area contributed by atoms with Crippen LogP contribution in [0.4, 0.5) is 5.69 Å². The third kappa shape index (κ3) is 4.36. The number of amides is 1. The molecule has 1 atom stereocenters. The lowest BCUT2D eigenvalue weighted by Gasteiger charge is -2.16. The minimum absolute atomic E-state index is 0.0181. The SMILES string of the molecule is CCOc1cc(NC(=O)C2CCCCCN2)ccc1OC. The first kappa shape index (κ1) is 15.6. The summed E-state index contributed by atoms with van der Waals surface area (Å²) in [5, 5.41) is 6.25. The fourth-order valence-electron chi connectivity index (χ4n) is 2.50. The van der Waals surface area contributed by atoms with Gasteiger partial charge in [0.1, 0.15) is 0 Å². The van der Waals surface area contributed by atoms with Gasteiger partial charge in [-0.1, -0.05) is 12.8 Å². The summed E-state index contributed by atoms with van der Waals surface area (Å²) in [6.07, 6.45) is 4.31. The van der Waals surface area contributed by atoms with E-state index in [9.17, 15) is 4.79 Å². The molecule has 1 aromatic carbocycles. The average Bonchev–Trinajstić information content (AvgIpc) is 2.77. The van der Waals surface area contributed by atoms with Gasteiger partial charge in [0.2, 0.25) is 5.91 Å². The Kier molecular flexibility index (Phi) is 5.87. The number of nitrogens with one attached hydrogen (secondary N) is 2. The lowest BCUT2D eigenvalue weighted by Crippen LogP contribution is -2.39. The van der Waals surface area contributed by atoms with Gasteiger partial charge in [0.25, 0.3) is 0 Å². The normalized spacial score (nSPS) is 18.7. The van der Waals surface area contributed by atoms with Crippen molar-refractivity contribution in [3.8, 4) is 11.5 Å². The molecule has 0 saturated carbocycles. The molecule has 1 amide bonds. The second kappa shape index (κ2) is 7.88. The highest BCUT2D eigenvalue weighted by Crippen LogP contribution is 2.30. The van der Waals surface area contributed by atoms with Crippen molar-refractivity contribution in [1.82, 2.24) is 5.32 Å². The maximum absolute atomic E-state index is 12.3. The van der Waals surface area contributed by atoms with Gasteiger partial charge in [0.05, 0.1) is 19.8 Å². The first-order chi connectivity index (χ1) is 10.2. The summed E-state index contributed by atoms with van der Waals surface area (Å²) in [6.45, 7) is 3.38. The van der Waals surface area contributed by atoms with Crippen molar-refractivity contribution in [2.24, 2.45) is 0 Å². The third-order valence-corrected chi connectivity index (χ3v) is 3.61. The Labute approximate surface area is 126 Å². The third-order valence-electron chi connectivity index (χ3n) is 3.61. The molecule has 1 fully saturated rings. The Morgan fingerprint density at radius 3 is 2.95 bits per heavy atom. The number of hydrogen-bond acceptors (Lipinski definition) is 4. The van der Waals surface area contributed by atoms with Gasteiger partial charge in [0.15, 0.2) is 11.5 Å². The molecule has 2 N–H and O–H groups in total. The van der Waals surface area contributed by atoms with Crippen molar-refractivity contribution in [1.29, 1.82) is 0 Å². The Balaban J connectivity index is 2.04. The van der Waals surface area contributed by atoms with Gasteiger partial charge in [-0.05, 0) is 38.4 Å². The molecule has 1 saturated heterocycles. The highest BCUT2D eigenvalue weighted by atomic mass is 16.5. The number of anilines is 1. The largest absolute Gasteiger partial charge is 0.493 e. The van der Waals surface area contributed by atoms with Gasteiger partial charge in [-0.15, -0.1) is 0 Å². The van der Waals surface area contributed by atoms with Gasteiger partial charge in [-0.25, -0.2) is 0 Å². The Morgan fingerprint density at radius 2 is 2.19 bits per heavy atom. The molecule has 1 aliphatic rings. The van der Waals surface area contributed by atoms with Crippen LogP contribution in [0.1, 0.15) is 32.6 Å². The second-order valence-corrected chi connectivity index (χ2v) is 5.14. The van der Waals surface area contributed by atoms with Crippen molar-refractivity contribution in [3.63, 3.8) is 0 Å². The van der Waals surface area contributed by atoms with E-state index < -0.39 is 0 Å². The van der Waals surface area contributed by atoms with Gasteiger partial charge in [-0.2, -0.15) is 0 Å². The first-order valence-corrected chi connectivity index (χ1v) is 7.59. The molecule has 1 aliphatic heterocycles. The lowest BCUT2D eigenvalue weighted by molar-refractivity contribution is -0.118. The first-order valence-electron chi connectivity index (χ1n) is 7.59. The number of benzene rings is 1. The molecule has 1 unspecified atom stereocenters. The predicted molar refractivity (Wildman–Crippen MR) is 83.1 cm³/mol. The zero-order valence-corrected chi connectivity index (χ0v) is 12.8. The van der Waals surface area contributed by atoms with E-state index in [-0.39, 0.29) is 11.9 Å². The molecule has 1 aromatic rings. The fourth-order valence-corrected chi connectivity index (χ4v) is 2.50. The van der Waals surface area contributed by atoms with Crippen LogP contribution in [0.15, 0.2) is 18.2 Å². The Bertz CT molecular complexity index is 469. The summed E-state index contributed by atoms with van der Waals surface area (Å²) in [7, 11) is 1.60. The van der Waals surface area contributed by atoms with Crippen LogP contribution >= 0.6 is 0 Å². The number of rotatable bonds is 5. The average molecular weight is 292 g/mol. The van der Waals surface area contributed by atoms with Crippen LogP contribution in [0.2, 0.25) is 0 Å². The molecule has 5 heteroatoms. The molecule has 0 spiro atoms. The number of carbonyl (C=O) groups is 1. The molecule has 0 aromatic heterocycles. The van der Waals surface area contributed by atoms with Gasteiger partial charge >= 0.3 is 0 Å². The molecule has 0 aliphatic carbocycles. The maximum Gasteiger partial charge on any atom is 0.241 e. The number of ether oxygens (including phenoxy) is 2. The van der Waals surface area contributed by atoms with Crippen LogP contribution in [-0.2, 0) is 4.79 Å². The summed E-state index contributed by atoms with van der Waals surface area (Å²) in [5.41, 5.74) is 0.732. The van der Waals surface area contributed by atoms with Crippen LogP contribution in [-0.4, -0.2) is 32.2 Å². The van der Waals surface area contributed by atoms with Crippen LogP contribution in [0, 0.1) is 0 Å². The van der Waals surface area contributed by atoms with E-state index in [0.717, 1.165) is 31.5 Å². The van der Waals surface area contributed by atoms with Crippen molar-refractivity contribution in [2.45, 2.75) is 38.6 Å². The highest BCUT2D eigenvalue weighted by molar-refractivity contribution is 5.95. The predicted octanol–water partition coefficient (Wildman–Crippen LogP) is 2.56. The molecule has 0 bridgehead atoms. The van der Waals surface area contributed by atoms with E-state index in [1.165, 1.54) is 6.42 Å². The number of hydrogen-bond donors (Lipinski definition) is 2. The molecule has 21 heavy (non-hydrogen) atoms. The molecule has 116 valence electrons. The zero-order chi connectivity index (χ0) is 15.1. The van der Waals surface area contributed by atoms with Crippen LogP contribution in [0.3, 0.4) is 0 Å². The maximum atomic E-state index is 12.3. The van der Waals surface area contributed by atoms with E-state index in [2.05, 4.69) is 10.6 Å². The van der Waals surface area contributed by atoms with Crippen LogP contribution in [0.5, 0.6) is 11.5 Å². The highest BCUT2D eigenvalue weighted by Gasteiger charge is 2.19. The van der Waals surface area contributed by atoms with E-state index in [1.807, 2.05) is 13.0 Å². The summed E-state index contributed by atoms with van der Waals surface area (Å²) >= 11 is 0. The smallest absolute Gasteiger partial charge is 0.241 e. The van der Waals surface area contributed by atoms with E-state index in [0.29, 0.717) is 18.1 Å². The van der Waals surface area contributed by atoms with E-state index >= 15 is 0 Å². The Hall–Kier alpha value is -1.75. The summed E-state index contributed by atoms with van der Waals surface area (Å²) in [5.74, 6) is 1.33. The van der Waals surface area contributed by atoms with Crippen LogP contribution in [0.25, 0.3) is 0 Å². The van der Waals surface area contributed by atoms with Gasteiger partial charge in [0, 0.05) is 11.8 Å². The minimum atomic E-state index is -0.106. The monoisotopic (exact) mass is 292 g/mol. The van der Waals surface area contributed by atoms with E-state index in [1.54, 1.807) is 19.2 Å². The fraction of sp³-hybridized carbons (Fsp3) is 0.562. The van der Waals surface area contributed by atoms with Crippen molar-refractivity contribution >= 4 is 11.6 Å². The van der Waals surface area contributed by atoms with E-state index in [4.69, 9.17) is 9.47 Å². The number of carbonyl (C=O) groups excluding carboxylic acids is 1. The van der Waals surface area contributed by atoms with Crippen molar-refractivity contribution in [2.75, 3.05) is 25.6 Å². The summed E-state index contributed by atoms with van der Waals surface area (Å²) < 4.78 is 10.8. The van der Waals surface area contributed by atoms with Crippen molar-refractivity contribution in [3.05, 3.63) is 18.2 Å². The van der Waals surface area contributed by atoms with Crippen molar-refractivity contribution < 1.29 is 14.3 Å². The molecule has 1 heterocycles. The second-order valence-electron chi connectivity index (χ2n) is 5.14. The standard InChI is InChI=1S/C16H24N2O3/c1-3-21-15-11-12(8-9-14(15)20-2)18-16(19)13-7-5-4-6-10-17-13/h8-9,11,13,17H,3-7,10H2,1-2H3,(H,18,19). The molecule has 0 radical (unpaired) electrons. The molecule has 2 rings (SSSR count). The molecular weight excluding hydrogens is 268 g/mol.